The SMILES string of the molecule is CCC(C#N)N1CCN(CCCCC(C)(C)C#N)CC1. The summed E-state index contributed by atoms with van der Waals surface area (Å²) < 4.78 is 0. The van der Waals surface area contributed by atoms with Crippen molar-refractivity contribution in [2.45, 2.75) is 52.5 Å². The van der Waals surface area contributed by atoms with Crippen molar-refractivity contribution in [3.63, 3.8) is 0 Å². The lowest BCUT2D eigenvalue weighted by molar-refractivity contribution is 0.111. The van der Waals surface area contributed by atoms with Crippen LogP contribution in [-0.4, -0.2) is 48.6 Å². The van der Waals surface area contributed by atoms with Crippen LogP contribution in [0.25, 0.3) is 0 Å². The fraction of sp³-hybridized carbons (Fsp3) is 0.875. The monoisotopic (exact) mass is 276 g/mol. The first kappa shape index (κ1) is 17.0. The van der Waals surface area contributed by atoms with E-state index in [-0.39, 0.29) is 11.5 Å². The smallest absolute Gasteiger partial charge is 0.0976 e. The molecule has 0 aliphatic carbocycles. The van der Waals surface area contributed by atoms with Gasteiger partial charge < -0.3 is 4.90 Å². The summed E-state index contributed by atoms with van der Waals surface area (Å²) in [6, 6.07) is 4.84. The Kier molecular flexibility index (Phi) is 6.99. The van der Waals surface area contributed by atoms with Gasteiger partial charge in [-0.25, -0.2) is 0 Å². The number of unbranched alkanes of at least 4 members (excludes halogenated alkanes) is 1. The zero-order chi connectivity index (χ0) is 15.0. The summed E-state index contributed by atoms with van der Waals surface area (Å²) in [5.74, 6) is 0. The maximum Gasteiger partial charge on any atom is 0.0976 e. The number of rotatable bonds is 7. The molecular weight excluding hydrogens is 248 g/mol. The van der Waals surface area contributed by atoms with Crippen molar-refractivity contribution in [3.05, 3.63) is 0 Å². The Morgan fingerprint density at radius 3 is 2.25 bits per heavy atom. The maximum absolute atomic E-state index is 9.09. The van der Waals surface area contributed by atoms with Gasteiger partial charge in [0.15, 0.2) is 0 Å². The zero-order valence-corrected chi connectivity index (χ0v) is 13.2. The molecular formula is C16H28N4. The van der Waals surface area contributed by atoms with Crippen molar-refractivity contribution in [1.82, 2.24) is 9.80 Å². The van der Waals surface area contributed by atoms with Crippen LogP contribution in [0.4, 0.5) is 0 Å². The van der Waals surface area contributed by atoms with E-state index in [1.54, 1.807) is 0 Å². The average Bonchev–Trinajstić information content (AvgIpc) is 2.46. The Morgan fingerprint density at radius 2 is 1.75 bits per heavy atom. The molecule has 1 aliphatic heterocycles. The number of nitrogens with zero attached hydrogens (tertiary/aromatic N) is 4. The van der Waals surface area contributed by atoms with Crippen LogP contribution in [0.2, 0.25) is 0 Å². The Hall–Kier alpha value is -1.10. The van der Waals surface area contributed by atoms with Gasteiger partial charge in [-0.05, 0) is 39.7 Å². The van der Waals surface area contributed by atoms with E-state index in [4.69, 9.17) is 10.5 Å². The Labute approximate surface area is 124 Å². The molecule has 0 bridgehead atoms. The highest BCUT2D eigenvalue weighted by molar-refractivity contribution is 4.93. The van der Waals surface area contributed by atoms with Gasteiger partial charge in [0.05, 0.1) is 23.6 Å². The van der Waals surface area contributed by atoms with E-state index in [1.807, 2.05) is 13.8 Å². The van der Waals surface area contributed by atoms with Crippen LogP contribution < -0.4 is 0 Å². The average molecular weight is 276 g/mol. The highest BCUT2D eigenvalue weighted by atomic mass is 15.3. The molecule has 1 saturated heterocycles. The highest BCUT2D eigenvalue weighted by Crippen LogP contribution is 2.21. The summed E-state index contributed by atoms with van der Waals surface area (Å²) in [5.41, 5.74) is -0.181. The molecule has 1 unspecified atom stereocenters. The molecule has 0 N–H and O–H groups in total. The standard InChI is InChI=1S/C16H28N4/c1-4-15(13-17)20-11-9-19(10-12-20)8-6-5-7-16(2,3)14-18/h15H,4-12H2,1-3H3. The van der Waals surface area contributed by atoms with Crippen LogP contribution in [0.1, 0.15) is 46.5 Å². The third-order valence-electron chi connectivity index (χ3n) is 4.21. The molecule has 0 amide bonds. The summed E-state index contributed by atoms with van der Waals surface area (Å²) in [5, 5.41) is 18.1. The molecule has 4 heteroatoms. The van der Waals surface area contributed by atoms with E-state index >= 15 is 0 Å². The third-order valence-corrected chi connectivity index (χ3v) is 4.21. The minimum atomic E-state index is -0.181. The second-order valence-corrected chi connectivity index (χ2v) is 6.38. The van der Waals surface area contributed by atoms with Crippen LogP contribution in [0, 0.1) is 28.1 Å². The Morgan fingerprint density at radius 1 is 1.10 bits per heavy atom. The van der Waals surface area contributed by atoms with E-state index in [2.05, 4.69) is 28.9 Å². The molecule has 0 radical (unpaired) electrons. The molecule has 112 valence electrons. The molecule has 0 aromatic heterocycles. The number of piperazine rings is 1. The van der Waals surface area contributed by atoms with Gasteiger partial charge in [0, 0.05) is 26.2 Å². The van der Waals surface area contributed by atoms with Crippen LogP contribution in [0.3, 0.4) is 0 Å². The number of hydrogen-bond acceptors (Lipinski definition) is 4. The van der Waals surface area contributed by atoms with E-state index in [1.165, 1.54) is 6.42 Å². The molecule has 1 fully saturated rings. The minimum absolute atomic E-state index is 0.0913. The van der Waals surface area contributed by atoms with Gasteiger partial charge in [-0.1, -0.05) is 13.3 Å². The molecule has 0 saturated carbocycles. The van der Waals surface area contributed by atoms with Gasteiger partial charge in [0.1, 0.15) is 0 Å². The summed E-state index contributed by atoms with van der Waals surface area (Å²) in [7, 11) is 0. The van der Waals surface area contributed by atoms with Crippen LogP contribution >= 0.6 is 0 Å². The van der Waals surface area contributed by atoms with E-state index in [0.29, 0.717) is 0 Å². The second-order valence-electron chi connectivity index (χ2n) is 6.38. The predicted molar refractivity (Wildman–Crippen MR) is 81.0 cm³/mol. The lowest BCUT2D eigenvalue weighted by Crippen LogP contribution is -2.49. The summed E-state index contributed by atoms with van der Waals surface area (Å²) in [6.45, 7) is 11.4. The van der Waals surface area contributed by atoms with Crippen molar-refractivity contribution in [2.75, 3.05) is 32.7 Å². The third kappa shape index (κ3) is 5.49. The van der Waals surface area contributed by atoms with E-state index in [0.717, 1.165) is 52.0 Å². The summed E-state index contributed by atoms with van der Waals surface area (Å²) in [6.07, 6.45) is 4.19. The van der Waals surface area contributed by atoms with Crippen molar-refractivity contribution in [2.24, 2.45) is 5.41 Å². The lowest BCUT2D eigenvalue weighted by atomic mass is 9.89. The summed E-state index contributed by atoms with van der Waals surface area (Å²) >= 11 is 0. The van der Waals surface area contributed by atoms with Crippen LogP contribution in [0.5, 0.6) is 0 Å². The zero-order valence-electron chi connectivity index (χ0n) is 13.2. The molecule has 0 spiro atoms. The maximum atomic E-state index is 9.09. The van der Waals surface area contributed by atoms with E-state index < -0.39 is 0 Å². The fourth-order valence-corrected chi connectivity index (χ4v) is 2.69. The van der Waals surface area contributed by atoms with Gasteiger partial charge in [0.2, 0.25) is 0 Å². The molecule has 1 atom stereocenters. The Bertz CT molecular complexity index is 356. The van der Waals surface area contributed by atoms with Gasteiger partial charge >= 0.3 is 0 Å². The van der Waals surface area contributed by atoms with Gasteiger partial charge in [-0.2, -0.15) is 10.5 Å². The van der Waals surface area contributed by atoms with Crippen LogP contribution in [-0.2, 0) is 0 Å². The molecule has 0 aromatic rings. The first-order chi connectivity index (χ1) is 9.52. The number of nitriles is 2. The van der Waals surface area contributed by atoms with Gasteiger partial charge in [-0.15, -0.1) is 0 Å². The predicted octanol–water partition coefficient (Wildman–Crippen LogP) is 2.63. The molecule has 1 heterocycles. The Balaban J connectivity index is 2.18. The quantitative estimate of drug-likeness (QED) is 0.671. The minimum Gasteiger partial charge on any atom is -0.301 e. The van der Waals surface area contributed by atoms with Crippen molar-refractivity contribution >= 4 is 0 Å². The first-order valence-electron chi connectivity index (χ1n) is 7.79. The van der Waals surface area contributed by atoms with Gasteiger partial charge in [0.25, 0.3) is 0 Å². The normalized spacial score (nSPS) is 19.2. The lowest BCUT2D eigenvalue weighted by Gasteiger charge is -2.36. The van der Waals surface area contributed by atoms with Crippen molar-refractivity contribution < 1.29 is 0 Å². The number of hydrogen-bond donors (Lipinski definition) is 0. The van der Waals surface area contributed by atoms with E-state index in [9.17, 15) is 0 Å². The fourth-order valence-electron chi connectivity index (χ4n) is 2.69. The molecule has 20 heavy (non-hydrogen) atoms. The molecule has 0 aromatic carbocycles. The largest absolute Gasteiger partial charge is 0.301 e. The van der Waals surface area contributed by atoms with Gasteiger partial charge in [-0.3, -0.25) is 4.90 Å². The van der Waals surface area contributed by atoms with Crippen molar-refractivity contribution in [3.8, 4) is 12.1 Å². The topological polar surface area (TPSA) is 54.1 Å². The second kappa shape index (κ2) is 8.25. The highest BCUT2D eigenvalue weighted by Gasteiger charge is 2.22. The van der Waals surface area contributed by atoms with Crippen LogP contribution in [0.15, 0.2) is 0 Å². The van der Waals surface area contributed by atoms with Crippen molar-refractivity contribution in [1.29, 1.82) is 10.5 Å². The summed E-state index contributed by atoms with van der Waals surface area (Å²) in [4.78, 5) is 4.79. The molecule has 1 aliphatic rings. The molecule has 1 rings (SSSR count). The first-order valence-corrected chi connectivity index (χ1v) is 7.79. The molecule has 4 nitrogen and oxygen atoms in total.